The number of alkyl halides is 3. The smallest absolute Gasteiger partial charge is 0.354 e. The second-order valence-electron chi connectivity index (χ2n) is 4.60. The van der Waals surface area contributed by atoms with Crippen molar-refractivity contribution in [3.63, 3.8) is 0 Å². The number of pyridine rings is 1. The van der Waals surface area contributed by atoms with Crippen LogP contribution in [-0.4, -0.2) is 4.98 Å². The van der Waals surface area contributed by atoms with Crippen LogP contribution in [0, 0.1) is 0 Å². The van der Waals surface area contributed by atoms with E-state index in [0.717, 1.165) is 12.1 Å². The molecule has 0 radical (unpaired) electrons. The lowest BCUT2D eigenvalue weighted by molar-refractivity contribution is -0.137. The van der Waals surface area contributed by atoms with E-state index in [1.54, 1.807) is 18.2 Å². The molecule has 114 valence electrons. The molecule has 0 fully saturated rings. The number of rotatable bonds is 4. The van der Waals surface area contributed by atoms with Gasteiger partial charge in [0.25, 0.3) is 0 Å². The highest BCUT2D eigenvalue weighted by molar-refractivity contribution is 5.94. The van der Waals surface area contributed by atoms with Gasteiger partial charge in [-0.3, -0.25) is 4.98 Å². The predicted molar refractivity (Wildman–Crippen MR) is 83.5 cm³/mol. The maximum absolute atomic E-state index is 12.9. The molecule has 0 aliphatic rings. The molecule has 1 aromatic heterocycles. The maximum atomic E-state index is 12.9. The Hall–Kier alpha value is -2.56. The molecule has 2 nitrogen and oxygen atoms in total. The number of nitrogens with zero attached hydrogens (tertiary/aromatic N) is 1. The molecule has 22 heavy (non-hydrogen) atoms. The minimum atomic E-state index is -4.38. The first-order valence-corrected chi connectivity index (χ1v) is 6.63. The van der Waals surface area contributed by atoms with E-state index in [1.807, 2.05) is 13.0 Å². The fraction of sp³-hybridized carbons (Fsp3) is 0.118. The number of hydrogen-bond donors (Lipinski definition) is 1. The van der Waals surface area contributed by atoms with Gasteiger partial charge in [-0.2, -0.15) is 13.2 Å². The fourth-order valence-electron chi connectivity index (χ4n) is 2.04. The van der Waals surface area contributed by atoms with Crippen LogP contribution in [0.2, 0.25) is 0 Å². The summed E-state index contributed by atoms with van der Waals surface area (Å²) in [4.78, 5) is 4.06. The van der Waals surface area contributed by atoms with Crippen LogP contribution >= 0.6 is 0 Å². The van der Waals surface area contributed by atoms with Gasteiger partial charge >= 0.3 is 6.18 Å². The van der Waals surface area contributed by atoms with E-state index in [-0.39, 0.29) is 0 Å². The monoisotopic (exact) mass is 304 g/mol. The third-order valence-corrected chi connectivity index (χ3v) is 3.01. The SMILES string of the molecule is C=C/C=C(\C=C/C)Nc1cncc2ccc(C(F)(F)F)cc12. The molecular weight excluding hydrogens is 289 g/mol. The zero-order valence-electron chi connectivity index (χ0n) is 12.0. The Morgan fingerprint density at radius 3 is 2.68 bits per heavy atom. The molecule has 0 saturated carbocycles. The number of aromatic nitrogens is 1. The Morgan fingerprint density at radius 2 is 2.05 bits per heavy atom. The molecule has 0 bridgehead atoms. The van der Waals surface area contributed by atoms with Crippen molar-refractivity contribution in [2.24, 2.45) is 0 Å². The Bertz CT molecular complexity index is 743. The van der Waals surface area contributed by atoms with Gasteiger partial charge in [-0.1, -0.05) is 24.8 Å². The van der Waals surface area contributed by atoms with Crippen molar-refractivity contribution in [3.8, 4) is 0 Å². The molecule has 1 heterocycles. The number of anilines is 1. The molecule has 0 amide bonds. The molecule has 0 atom stereocenters. The lowest BCUT2D eigenvalue weighted by Crippen LogP contribution is -2.05. The van der Waals surface area contributed by atoms with Gasteiger partial charge in [-0.05, 0) is 31.2 Å². The molecule has 5 heteroatoms. The molecule has 2 aromatic rings. The van der Waals surface area contributed by atoms with E-state index in [0.29, 0.717) is 22.2 Å². The zero-order chi connectivity index (χ0) is 16.2. The Labute approximate surface area is 126 Å². The Balaban J connectivity index is 2.53. The topological polar surface area (TPSA) is 24.9 Å². The average Bonchev–Trinajstić information content (AvgIpc) is 2.46. The van der Waals surface area contributed by atoms with E-state index < -0.39 is 11.7 Å². The second-order valence-corrected chi connectivity index (χ2v) is 4.60. The second kappa shape index (κ2) is 6.47. The van der Waals surface area contributed by atoms with Crippen LogP contribution in [0.3, 0.4) is 0 Å². The first-order chi connectivity index (χ1) is 10.5. The van der Waals surface area contributed by atoms with Crippen molar-refractivity contribution in [1.29, 1.82) is 0 Å². The molecule has 1 N–H and O–H groups in total. The number of halogens is 3. The quantitative estimate of drug-likeness (QED) is 0.774. The summed E-state index contributed by atoms with van der Waals surface area (Å²) in [5.74, 6) is 0. The number of allylic oxidation sites excluding steroid dienone is 4. The van der Waals surface area contributed by atoms with E-state index in [2.05, 4.69) is 16.9 Å². The summed E-state index contributed by atoms with van der Waals surface area (Å²) in [6.07, 6.45) is 5.61. The molecule has 0 saturated heterocycles. The molecule has 0 spiro atoms. The summed E-state index contributed by atoms with van der Waals surface area (Å²) in [6, 6.07) is 3.60. The summed E-state index contributed by atoms with van der Waals surface area (Å²) >= 11 is 0. The van der Waals surface area contributed by atoms with E-state index in [1.165, 1.54) is 18.5 Å². The summed E-state index contributed by atoms with van der Waals surface area (Å²) in [5.41, 5.74) is 0.536. The largest absolute Gasteiger partial charge is 0.416 e. The van der Waals surface area contributed by atoms with Gasteiger partial charge in [0, 0.05) is 22.7 Å². The zero-order valence-corrected chi connectivity index (χ0v) is 12.0. The van der Waals surface area contributed by atoms with Crippen LogP contribution < -0.4 is 5.32 Å². The highest BCUT2D eigenvalue weighted by Gasteiger charge is 2.30. The van der Waals surface area contributed by atoms with Gasteiger partial charge in [-0.25, -0.2) is 0 Å². The minimum absolute atomic E-state index is 0.462. The van der Waals surface area contributed by atoms with Gasteiger partial charge in [0.2, 0.25) is 0 Å². The Morgan fingerprint density at radius 1 is 1.27 bits per heavy atom. The summed E-state index contributed by atoms with van der Waals surface area (Å²) in [5, 5.41) is 4.17. The third-order valence-electron chi connectivity index (χ3n) is 3.01. The van der Waals surface area contributed by atoms with Crippen LogP contribution in [-0.2, 0) is 6.18 Å². The van der Waals surface area contributed by atoms with E-state index in [4.69, 9.17) is 0 Å². The highest BCUT2D eigenvalue weighted by atomic mass is 19.4. The summed E-state index contributed by atoms with van der Waals surface area (Å²) in [6.45, 7) is 5.47. The van der Waals surface area contributed by atoms with Crippen molar-refractivity contribution < 1.29 is 13.2 Å². The highest BCUT2D eigenvalue weighted by Crippen LogP contribution is 2.33. The minimum Gasteiger partial charge on any atom is -0.354 e. The standard InChI is InChI=1S/C17H15F3N2/c1-3-5-14(6-4-2)22-16-11-21-10-12-7-8-13(9-15(12)16)17(18,19)20/h3-11,22H,1H2,2H3/b6-4-,14-5+. The average molecular weight is 304 g/mol. The van der Waals surface area contributed by atoms with Crippen LogP contribution in [0.5, 0.6) is 0 Å². The number of benzene rings is 1. The van der Waals surface area contributed by atoms with Gasteiger partial charge in [-0.15, -0.1) is 0 Å². The van der Waals surface area contributed by atoms with E-state index in [9.17, 15) is 13.2 Å². The number of fused-ring (bicyclic) bond motifs is 1. The molecule has 1 aromatic carbocycles. The van der Waals surface area contributed by atoms with Gasteiger partial charge in [0.15, 0.2) is 0 Å². The maximum Gasteiger partial charge on any atom is 0.416 e. The molecule has 2 rings (SSSR count). The van der Waals surface area contributed by atoms with Crippen LogP contribution in [0.25, 0.3) is 10.8 Å². The predicted octanol–water partition coefficient (Wildman–Crippen LogP) is 5.31. The van der Waals surface area contributed by atoms with Crippen molar-refractivity contribution in [3.05, 3.63) is 72.7 Å². The third kappa shape index (κ3) is 3.55. The van der Waals surface area contributed by atoms with E-state index >= 15 is 0 Å². The number of hydrogen-bond acceptors (Lipinski definition) is 2. The van der Waals surface area contributed by atoms with Crippen LogP contribution in [0.4, 0.5) is 18.9 Å². The lowest BCUT2D eigenvalue weighted by atomic mass is 10.1. The van der Waals surface area contributed by atoms with Crippen molar-refractivity contribution in [1.82, 2.24) is 4.98 Å². The van der Waals surface area contributed by atoms with Crippen LogP contribution in [0.15, 0.2) is 67.2 Å². The van der Waals surface area contributed by atoms with Gasteiger partial charge < -0.3 is 5.32 Å². The number of nitrogens with one attached hydrogen (secondary N) is 1. The fourth-order valence-corrected chi connectivity index (χ4v) is 2.04. The Kier molecular flexibility index (Phi) is 4.65. The lowest BCUT2D eigenvalue weighted by Gasteiger charge is -2.12. The molecule has 0 aliphatic carbocycles. The van der Waals surface area contributed by atoms with Crippen molar-refractivity contribution >= 4 is 16.5 Å². The normalized spacial score (nSPS) is 12.8. The first-order valence-electron chi connectivity index (χ1n) is 6.63. The molecular formula is C17H15F3N2. The van der Waals surface area contributed by atoms with Gasteiger partial charge in [0.05, 0.1) is 17.4 Å². The summed E-state index contributed by atoms with van der Waals surface area (Å²) in [7, 11) is 0. The van der Waals surface area contributed by atoms with Crippen molar-refractivity contribution in [2.45, 2.75) is 13.1 Å². The van der Waals surface area contributed by atoms with Gasteiger partial charge in [0.1, 0.15) is 0 Å². The molecule has 0 aliphatic heterocycles. The summed E-state index contributed by atoms with van der Waals surface area (Å²) < 4.78 is 38.6. The van der Waals surface area contributed by atoms with Crippen molar-refractivity contribution in [2.75, 3.05) is 5.32 Å². The first kappa shape index (κ1) is 15.8. The molecule has 0 unspecified atom stereocenters. The van der Waals surface area contributed by atoms with Crippen LogP contribution in [0.1, 0.15) is 12.5 Å².